The summed E-state index contributed by atoms with van der Waals surface area (Å²) in [6.45, 7) is 10.8. The molecule has 0 heterocycles. The maximum absolute atomic E-state index is 9.42. The van der Waals surface area contributed by atoms with Crippen LogP contribution in [-0.4, -0.2) is 27.9 Å². The van der Waals surface area contributed by atoms with Crippen molar-refractivity contribution in [3.8, 4) is 0 Å². The predicted octanol–water partition coefficient (Wildman–Crippen LogP) is 1.71. The zero-order valence-electron chi connectivity index (χ0n) is 7.65. The summed E-state index contributed by atoms with van der Waals surface area (Å²) in [7, 11) is -0.204. The average Bonchev–Trinajstić information content (AvgIpc) is 1.57. The van der Waals surface area contributed by atoms with Gasteiger partial charge in [-0.15, -0.1) is 0 Å². The topological polar surface area (TPSA) is 20.2 Å². The Bertz CT molecular complexity index is 85.2. The molecule has 1 N–H and O–H groups in total. The van der Waals surface area contributed by atoms with E-state index >= 15 is 0 Å². The van der Waals surface area contributed by atoms with Gasteiger partial charge in [0.25, 0.3) is 0 Å². The molecular formula is C7H18OSi2. The second-order valence-corrected chi connectivity index (χ2v) is 12.6. The van der Waals surface area contributed by atoms with Crippen molar-refractivity contribution in [2.24, 2.45) is 0 Å². The highest BCUT2D eigenvalue weighted by Crippen LogP contribution is 2.10. The van der Waals surface area contributed by atoms with Crippen LogP contribution in [0.25, 0.3) is 0 Å². The average molecular weight is 174 g/mol. The van der Waals surface area contributed by atoms with Crippen LogP contribution >= 0.6 is 0 Å². The first-order valence-corrected chi connectivity index (χ1v) is 8.59. The number of aliphatic hydroxyl groups is 1. The highest BCUT2D eigenvalue weighted by Gasteiger charge is 2.20. The standard InChI is InChI=1S/C7H18OSi2/c1-7(2,8)9-6-10(3,4)5/h8H,6H2,1-5H3. The van der Waals surface area contributed by atoms with Gasteiger partial charge in [-0.05, 0) is 13.8 Å². The monoisotopic (exact) mass is 174 g/mol. The van der Waals surface area contributed by atoms with Crippen LogP contribution in [-0.2, 0) is 0 Å². The third-order valence-corrected chi connectivity index (χ3v) is 6.87. The molecule has 0 amide bonds. The maximum Gasteiger partial charge on any atom is 0.0781 e. The Morgan fingerprint density at radius 3 is 1.80 bits per heavy atom. The Morgan fingerprint density at radius 1 is 1.30 bits per heavy atom. The molecule has 0 aliphatic carbocycles. The van der Waals surface area contributed by atoms with E-state index in [-0.39, 0.29) is 0 Å². The summed E-state index contributed by atoms with van der Waals surface area (Å²) in [5.41, 5.74) is 1.25. The number of hydrogen-bond donors (Lipinski definition) is 1. The van der Waals surface area contributed by atoms with Crippen LogP contribution in [0.2, 0.25) is 25.3 Å². The lowest BCUT2D eigenvalue weighted by Crippen LogP contribution is -2.34. The smallest absolute Gasteiger partial charge is 0.0781 e. The molecule has 0 aromatic carbocycles. The normalized spacial score (nSPS) is 13.8. The molecule has 0 saturated heterocycles. The SMILES string of the molecule is CC(C)(O)[Si]C[Si](C)(C)C. The first kappa shape index (κ1) is 10.4. The molecule has 0 spiro atoms. The first-order chi connectivity index (χ1) is 4.21. The predicted molar refractivity (Wildman–Crippen MR) is 50.2 cm³/mol. The molecule has 0 bridgehead atoms. The summed E-state index contributed by atoms with van der Waals surface area (Å²) in [5, 5.41) is 8.99. The van der Waals surface area contributed by atoms with Crippen LogP contribution in [0.3, 0.4) is 0 Å². The van der Waals surface area contributed by atoms with Gasteiger partial charge in [-0.2, -0.15) is 0 Å². The van der Waals surface area contributed by atoms with E-state index in [2.05, 4.69) is 19.6 Å². The molecule has 0 rings (SSSR count). The number of rotatable bonds is 3. The van der Waals surface area contributed by atoms with Gasteiger partial charge in [-0.3, -0.25) is 0 Å². The lowest BCUT2D eigenvalue weighted by molar-refractivity contribution is 0.166. The van der Waals surface area contributed by atoms with Crippen molar-refractivity contribution in [2.45, 2.75) is 44.4 Å². The molecule has 0 atom stereocenters. The van der Waals surface area contributed by atoms with Crippen LogP contribution < -0.4 is 0 Å². The fraction of sp³-hybridized carbons (Fsp3) is 1.00. The minimum atomic E-state index is -0.915. The van der Waals surface area contributed by atoms with Crippen LogP contribution in [0.15, 0.2) is 0 Å². The van der Waals surface area contributed by atoms with Gasteiger partial charge in [-0.1, -0.05) is 25.3 Å². The summed E-state index contributed by atoms with van der Waals surface area (Å²) in [6.07, 6.45) is 0. The largest absolute Gasteiger partial charge is 0.395 e. The zero-order valence-corrected chi connectivity index (χ0v) is 9.65. The zero-order chi connectivity index (χ0) is 8.41. The van der Waals surface area contributed by atoms with E-state index in [0.717, 1.165) is 0 Å². The minimum Gasteiger partial charge on any atom is -0.395 e. The molecule has 10 heavy (non-hydrogen) atoms. The van der Waals surface area contributed by atoms with Gasteiger partial charge in [-0.25, -0.2) is 0 Å². The molecule has 0 saturated carbocycles. The highest BCUT2D eigenvalue weighted by molar-refractivity contribution is 6.83. The molecule has 1 nitrogen and oxygen atoms in total. The van der Waals surface area contributed by atoms with E-state index in [1.807, 2.05) is 13.8 Å². The second-order valence-electron chi connectivity index (χ2n) is 4.47. The van der Waals surface area contributed by atoms with Crippen molar-refractivity contribution < 1.29 is 5.11 Å². The van der Waals surface area contributed by atoms with Gasteiger partial charge in [0.1, 0.15) is 0 Å². The Hall–Kier alpha value is 0.394. The maximum atomic E-state index is 9.42. The van der Waals surface area contributed by atoms with E-state index < -0.39 is 13.3 Å². The third kappa shape index (κ3) is 8.39. The van der Waals surface area contributed by atoms with Gasteiger partial charge < -0.3 is 5.11 Å². The van der Waals surface area contributed by atoms with Gasteiger partial charge >= 0.3 is 0 Å². The summed E-state index contributed by atoms with van der Waals surface area (Å²) < 4.78 is 0. The minimum absolute atomic E-state index is 0.430. The second kappa shape index (κ2) is 3.19. The lowest BCUT2D eigenvalue weighted by atomic mass is 10.5. The number of hydrogen-bond acceptors (Lipinski definition) is 1. The Balaban J connectivity index is 3.56. The quantitative estimate of drug-likeness (QED) is 0.646. The van der Waals surface area contributed by atoms with E-state index in [0.29, 0.717) is 9.52 Å². The van der Waals surface area contributed by atoms with Crippen LogP contribution in [0.5, 0.6) is 0 Å². The van der Waals surface area contributed by atoms with Crippen molar-refractivity contribution in [1.82, 2.24) is 0 Å². The Morgan fingerprint density at radius 2 is 1.70 bits per heavy atom. The fourth-order valence-corrected chi connectivity index (χ4v) is 4.33. The van der Waals surface area contributed by atoms with Gasteiger partial charge in [0.05, 0.1) is 9.52 Å². The third-order valence-electron chi connectivity index (χ3n) is 1.05. The van der Waals surface area contributed by atoms with Crippen molar-refractivity contribution in [1.29, 1.82) is 0 Å². The molecule has 3 heteroatoms. The van der Waals surface area contributed by atoms with Crippen molar-refractivity contribution in [3.63, 3.8) is 0 Å². The molecule has 0 aliphatic heterocycles. The molecule has 2 radical (unpaired) electrons. The van der Waals surface area contributed by atoms with Crippen LogP contribution in [0.4, 0.5) is 0 Å². The van der Waals surface area contributed by atoms with Crippen LogP contribution in [0, 0.1) is 0 Å². The van der Waals surface area contributed by atoms with Crippen molar-refractivity contribution in [2.75, 3.05) is 0 Å². The van der Waals surface area contributed by atoms with Crippen LogP contribution in [0.1, 0.15) is 13.8 Å². The van der Waals surface area contributed by atoms with E-state index in [1.54, 1.807) is 0 Å². The van der Waals surface area contributed by atoms with Gasteiger partial charge in [0, 0.05) is 13.3 Å². The van der Waals surface area contributed by atoms with Gasteiger partial charge in [0.2, 0.25) is 0 Å². The van der Waals surface area contributed by atoms with E-state index in [1.165, 1.54) is 5.67 Å². The summed E-state index contributed by atoms with van der Waals surface area (Å²) in [6, 6.07) is 0. The fourth-order valence-electron chi connectivity index (χ4n) is 0.481. The van der Waals surface area contributed by atoms with E-state index in [9.17, 15) is 5.11 Å². The summed E-state index contributed by atoms with van der Waals surface area (Å²) in [4.78, 5) is 0. The van der Waals surface area contributed by atoms with Crippen molar-refractivity contribution in [3.05, 3.63) is 0 Å². The molecule has 0 aromatic heterocycles. The summed E-state index contributed by atoms with van der Waals surface area (Å²) >= 11 is 0. The first-order valence-electron chi connectivity index (χ1n) is 3.68. The van der Waals surface area contributed by atoms with E-state index in [4.69, 9.17) is 0 Å². The Labute approximate surface area is 67.7 Å². The molecule has 0 fully saturated rings. The molecule has 60 valence electrons. The van der Waals surface area contributed by atoms with Crippen molar-refractivity contribution >= 4 is 17.6 Å². The molecular weight excluding hydrogens is 156 g/mol. The molecule has 0 aliphatic rings. The highest BCUT2D eigenvalue weighted by atomic mass is 28.4. The molecule has 0 aromatic rings. The molecule has 0 unspecified atom stereocenters. The lowest BCUT2D eigenvalue weighted by Gasteiger charge is -2.21. The summed E-state index contributed by atoms with van der Waals surface area (Å²) in [5.74, 6) is 0. The Kier molecular flexibility index (Phi) is 3.32. The van der Waals surface area contributed by atoms with Gasteiger partial charge in [0.15, 0.2) is 0 Å².